The molecule has 0 N–H and O–H groups in total. The van der Waals surface area contributed by atoms with Crippen molar-refractivity contribution in [3.63, 3.8) is 0 Å². The first-order valence-electron chi connectivity index (χ1n) is 9.54. The van der Waals surface area contributed by atoms with Crippen LogP contribution in [0.2, 0.25) is 0 Å². The number of methoxy groups -OCH3 is 1. The number of hydrogen-bond acceptors (Lipinski definition) is 5. The smallest absolute Gasteiger partial charge is 0.317 e. The summed E-state index contributed by atoms with van der Waals surface area (Å²) in [6.45, 7) is 9.17. The standard InChI is InChI=1S/C23H29NO4/c1-5-8-9-18(6-2)20-15-24(14-17-10-12-19(27-4)13-11-17)16-21(22(20)25)23(26)28-7-3/h5-6,8-13,20-21H,1,7,14-16H2,2-4H3/b9-8-,18-6+. The summed E-state index contributed by atoms with van der Waals surface area (Å²) in [4.78, 5) is 27.6. The zero-order valence-electron chi connectivity index (χ0n) is 16.9. The van der Waals surface area contributed by atoms with E-state index in [9.17, 15) is 9.59 Å². The lowest BCUT2D eigenvalue weighted by Crippen LogP contribution is -2.50. The first-order chi connectivity index (χ1) is 13.5. The van der Waals surface area contributed by atoms with Gasteiger partial charge in [0, 0.05) is 19.6 Å². The number of carbonyl (C=O) groups excluding carboxylic acids is 2. The van der Waals surface area contributed by atoms with E-state index in [0.29, 0.717) is 19.6 Å². The van der Waals surface area contributed by atoms with Gasteiger partial charge >= 0.3 is 5.97 Å². The quantitative estimate of drug-likeness (QED) is 0.390. The van der Waals surface area contributed by atoms with Crippen molar-refractivity contribution in [2.45, 2.75) is 20.4 Å². The van der Waals surface area contributed by atoms with E-state index < -0.39 is 11.9 Å². The van der Waals surface area contributed by atoms with Gasteiger partial charge in [-0.2, -0.15) is 0 Å². The van der Waals surface area contributed by atoms with Gasteiger partial charge in [-0.3, -0.25) is 14.5 Å². The molecule has 0 spiro atoms. The summed E-state index contributed by atoms with van der Waals surface area (Å²) in [5, 5.41) is 0. The Bertz CT molecular complexity index is 748. The summed E-state index contributed by atoms with van der Waals surface area (Å²) in [5.41, 5.74) is 1.98. The van der Waals surface area contributed by atoms with Crippen molar-refractivity contribution in [2.75, 3.05) is 26.8 Å². The van der Waals surface area contributed by atoms with E-state index >= 15 is 0 Å². The molecule has 1 heterocycles. The SMILES string of the molecule is C=C/C=C\C(=C/C)C1CN(Cc2ccc(OC)cc2)CC(C(=O)OCC)C1=O. The van der Waals surface area contributed by atoms with E-state index in [1.165, 1.54) is 0 Å². The fraction of sp³-hybridized carbons (Fsp3) is 0.391. The fourth-order valence-electron chi connectivity index (χ4n) is 3.43. The molecule has 5 heteroatoms. The van der Waals surface area contributed by atoms with Crippen LogP contribution < -0.4 is 4.74 Å². The summed E-state index contributed by atoms with van der Waals surface area (Å²) in [6, 6.07) is 7.82. The van der Waals surface area contributed by atoms with Crippen LogP contribution in [0, 0.1) is 11.8 Å². The third kappa shape index (κ3) is 5.42. The number of Topliss-reactive ketones (excluding diaryl/α,β-unsaturated/α-hetero) is 1. The van der Waals surface area contributed by atoms with Gasteiger partial charge in [-0.05, 0) is 37.1 Å². The largest absolute Gasteiger partial charge is 0.497 e. The number of ether oxygens (including phenoxy) is 2. The molecular weight excluding hydrogens is 354 g/mol. The minimum absolute atomic E-state index is 0.0776. The highest BCUT2D eigenvalue weighted by molar-refractivity contribution is 6.02. The van der Waals surface area contributed by atoms with E-state index in [-0.39, 0.29) is 18.3 Å². The summed E-state index contributed by atoms with van der Waals surface area (Å²) < 4.78 is 10.4. The Balaban J connectivity index is 2.26. The monoisotopic (exact) mass is 383 g/mol. The van der Waals surface area contributed by atoms with Gasteiger partial charge in [0.15, 0.2) is 5.78 Å². The van der Waals surface area contributed by atoms with Gasteiger partial charge in [-0.25, -0.2) is 0 Å². The summed E-state index contributed by atoms with van der Waals surface area (Å²) in [5.74, 6) is -0.872. The van der Waals surface area contributed by atoms with E-state index in [4.69, 9.17) is 9.47 Å². The number of hydrogen-bond donors (Lipinski definition) is 0. The molecule has 0 saturated carbocycles. The Morgan fingerprint density at radius 3 is 2.50 bits per heavy atom. The molecule has 1 aliphatic rings. The molecule has 0 aromatic heterocycles. The lowest BCUT2D eigenvalue weighted by molar-refractivity contribution is -0.155. The predicted molar refractivity (Wildman–Crippen MR) is 110 cm³/mol. The molecule has 0 bridgehead atoms. The third-order valence-corrected chi connectivity index (χ3v) is 4.87. The van der Waals surface area contributed by atoms with Crippen LogP contribution in [0.15, 0.2) is 60.7 Å². The maximum Gasteiger partial charge on any atom is 0.317 e. The van der Waals surface area contributed by atoms with Crippen molar-refractivity contribution in [2.24, 2.45) is 11.8 Å². The Morgan fingerprint density at radius 2 is 1.93 bits per heavy atom. The Kier molecular flexibility index (Phi) is 8.20. The van der Waals surface area contributed by atoms with E-state index in [0.717, 1.165) is 16.9 Å². The van der Waals surface area contributed by atoms with Crippen molar-refractivity contribution in [1.29, 1.82) is 0 Å². The fourth-order valence-corrected chi connectivity index (χ4v) is 3.43. The first-order valence-corrected chi connectivity index (χ1v) is 9.54. The van der Waals surface area contributed by atoms with Crippen LogP contribution in [-0.4, -0.2) is 43.5 Å². The van der Waals surface area contributed by atoms with Gasteiger partial charge in [0.25, 0.3) is 0 Å². The molecule has 1 saturated heterocycles. The molecule has 150 valence electrons. The molecule has 2 rings (SSSR count). The van der Waals surface area contributed by atoms with Gasteiger partial charge < -0.3 is 9.47 Å². The van der Waals surface area contributed by atoms with E-state index in [2.05, 4.69) is 11.5 Å². The van der Waals surface area contributed by atoms with Crippen LogP contribution in [0.4, 0.5) is 0 Å². The molecule has 2 unspecified atom stereocenters. The second kappa shape index (κ2) is 10.6. The number of likely N-dealkylation sites (tertiary alicyclic amines) is 1. The van der Waals surface area contributed by atoms with Gasteiger partial charge in [0.2, 0.25) is 0 Å². The highest BCUT2D eigenvalue weighted by Gasteiger charge is 2.41. The van der Waals surface area contributed by atoms with Crippen molar-refractivity contribution < 1.29 is 19.1 Å². The van der Waals surface area contributed by atoms with Gasteiger partial charge in [-0.1, -0.05) is 43.0 Å². The molecule has 0 aliphatic carbocycles. The summed E-state index contributed by atoms with van der Waals surface area (Å²) >= 11 is 0. The molecule has 2 atom stereocenters. The van der Waals surface area contributed by atoms with Crippen molar-refractivity contribution in [1.82, 2.24) is 4.90 Å². The molecule has 1 aromatic rings. The topological polar surface area (TPSA) is 55.8 Å². The molecular formula is C23H29NO4. The number of ketones is 1. The maximum atomic E-state index is 13.0. The Morgan fingerprint density at radius 1 is 1.25 bits per heavy atom. The first kappa shape index (κ1) is 21.6. The number of esters is 1. The number of benzene rings is 1. The van der Waals surface area contributed by atoms with Crippen molar-refractivity contribution in [3.05, 3.63) is 66.3 Å². The summed E-state index contributed by atoms with van der Waals surface area (Å²) in [6.07, 6.45) is 7.29. The second-order valence-corrected chi connectivity index (χ2v) is 6.69. The van der Waals surface area contributed by atoms with Gasteiger partial charge in [0.1, 0.15) is 11.7 Å². The molecule has 28 heavy (non-hydrogen) atoms. The predicted octanol–water partition coefficient (Wildman–Crippen LogP) is 3.56. The third-order valence-electron chi connectivity index (χ3n) is 4.87. The Hall–Kier alpha value is -2.66. The maximum absolute atomic E-state index is 13.0. The molecule has 5 nitrogen and oxygen atoms in total. The molecule has 0 amide bonds. The van der Waals surface area contributed by atoms with Gasteiger partial charge in [0.05, 0.1) is 19.6 Å². The highest BCUT2D eigenvalue weighted by Crippen LogP contribution is 2.27. The van der Waals surface area contributed by atoms with Crippen LogP contribution in [0.25, 0.3) is 0 Å². The van der Waals surface area contributed by atoms with Crippen molar-refractivity contribution >= 4 is 11.8 Å². The van der Waals surface area contributed by atoms with Crippen LogP contribution in [0.1, 0.15) is 19.4 Å². The number of carbonyl (C=O) groups is 2. The van der Waals surface area contributed by atoms with E-state index in [1.807, 2.05) is 49.4 Å². The van der Waals surface area contributed by atoms with Crippen LogP contribution in [-0.2, 0) is 20.9 Å². The lowest BCUT2D eigenvalue weighted by Gasteiger charge is -2.36. The minimum Gasteiger partial charge on any atom is -0.497 e. The van der Waals surface area contributed by atoms with E-state index in [1.54, 1.807) is 20.1 Å². The molecule has 1 fully saturated rings. The molecule has 1 aliphatic heterocycles. The van der Waals surface area contributed by atoms with Crippen LogP contribution in [0.5, 0.6) is 5.75 Å². The minimum atomic E-state index is -0.774. The van der Waals surface area contributed by atoms with Crippen molar-refractivity contribution in [3.8, 4) is 5.75 Å². The zero-order valence-corrected chi connectivity index (χ0v) is 16.9. The number of allylic oxidation sites excluding steroid dienone is 4. The molecule has 0 radical (unpaired) electrons. The van der Waals surface area contributed by atoms with Crippen LogP contribution in [0.3, 0.4) is 0 Å². The van der Waals surface area contributed by atoms with Crippen LogP contribution >= 0.6 is 0 Å². The molecule has 1 aromatic carbocycles. The van der Waals surface area contributed by atoms with Gasteiger partial charge in [-0.15, -0.1) is 0 Å². The normalized spacial score (nSPS) is 21.0. The Labute approximate surface area is 167 Å². The lowest BCUT2D eigenvalue weighted by atomic mass is 9.82. The number of nitrogens with zero attached hydrogens (tertiary/aromatic N) is 1. The average Bonchev–Trinajstić information content (AvgIpc) is 2.71. The second-order valence-electron chi connectivity index (χ2n) is 6.69. The number of rotatable bonds is 8. The summed E-state index contributed by atoms with van der Waals surface area (Å²) in [7, 11) is 1.63. The average molecular weight is 383 g/mol. The highest BCUT2D eigenvalue weighted by atomic mass is 16.5. The number of piperidine rings is 1. The zero-order chi connectivity index (χ0) is 20.5.